The first-order valence-corrected chi connectivity index (χ1v) is 8.59. The lowest BCUT2D eigenvalue weighted by Gasteiger charge is -2.35. The van der Waals surface area contributed by atoms with Gasteiger partial charge < -0.3 is 14.8 Å². The third-order valence-electron chi connectivity index (χ3n) is 4.69. The number of rotatable bonds is 6. The standard InChI is InChI=1S/C17H25N3O4/c1-12(2)3-4-14(19-7-5-18-6-8-19)13-9-16-17(24-11-23-16)10-15(13)20(21)22/h9-10,12,14,18H,3-8,11H2,1-2H3/t14-/m0/s1. The molecule has 0 radical (unpaired) electrons. The second-order valence-corrected chi connectivity index (χ2v) is 6.79. The minimum atomic E-state index is -0.304. The van der Waals surface area contributed by atoms with Crippen molar-refractivity contribution in [2.75, 3.05) is 33.0 Å². The number of nitrogens with zero attached hydrogens (tertiary/aromatic N) is 2. The summed E-state index contributed by atoms with van der Waals surface area (Å²) < 4.78 is 10.8. The van der Waals surface area contributed by atoms with Gasteiger partial charge in [0.25, 0.3) is 5.69 Å². The molecule has 1 aromatic carbocycles. The Kier molecular flexibility index (Phi) is 5.20. The van der Waals surface area contributed by atoms with E-state index in [4.69, 9.17) is 9.47 Å². The van der Waals surface area contributed by atoms with Crippen LogP contribution in [0.5, 0.6) is 11.5 Å². The monoisotopic (exact) mass is 335 g/mol. The first-order chi connectivity index (χ1) is 11.6. The number of hydrogen-bond donors (Lipinski definition) is 1. The Hall–Kier alpha value is -1.86. The van der Waals surface area contributed by atoms with Crippen molar-refractivity contribution in [3.05, 3.63) is 27.8 Å². The predicted molar refractivity (Wildman–Crippen MR) is 90.5 cm³/mol. The largest absolute Gasteiger partial charge is 0.454 e. The van der Waals surface area contributed by atoms with Crippen molar-refractivity contribution in [2.24, 2.45) is 5.92 Å². The van der Waals surface area contributed by atoms with Gasteiger partial charge in [-0.25, -0.2) is 0 Å². The summed E-state index contributed by atoms with van der Waals surface area (Å²) in [6.45, 7) is 8.11. The number of hydrogen-bond acceptors (Lipinski definition) is 6. The van der Waals surface area contributed by atoms with E-state index in [1.165, 1.54) is 6.07 Å². The van der Waals surface area contributed by atoms with Crippen LogP contribution in [0.3, 0.4) is 0 Å². The van der Waals surface area contributed by atoms with Gasteiger partial charge in [-0.2, -0.15) is 0 Å². The number of ether oxygens (including phenoxy) is 2. The normalized spacial score (nSPS) is 18.8. The van der Waals surface area contributed by atoms with Crippen LogP contribution >= 0.6 is 0 Å². The van der Waals surface area contributed by atoms with Crippen LogP contribution in [-0.4, -0.2) is 42.8 Å². The first kappa shape index (κ1) is 17.0. The van der Waals surface area contributed by atoms with Gasteiger partial charge in [-0.1, -0.05) is 13.8 Å². The highest BCUT2D eigenvalue weighted by Crippen LogP contribution is 2.43. The quantitative estimate of drug-likeness (QED) is 0.636. The summed E-state index contributed by atoms with van der Waals surface area (Å²) in [7, 11) is 0. The van der Waals surface area contributed by atoms with Gasteiger partial charge in [-0.3, -0.25) is 15.0 Å². The Morgan fingerprint density at radius 2 is 1.88 bits per heavy atom. The highest BCUT2D eigenvalue weighted by molar-refractivity contribution is 5.56. The van der Waals surface area contributed by atoms with E-state index in [2.05, 4.69) is 24.1 Å². The van der Waals surface area contributed by atoms with Crippen molar-refractivity contribution in [2.45, 2.75) is 32.7 Å². The predicted octanol–water partition coefficient (Wildman–Crippen LogP) is 2.71. The molecule has 1 aromatic rings. The van der Waals surface area contributed by atoms with E-state index >= 15 is 0 Å². The van der Waals surface area contributed by atoms with Crippen LogP contribution in [0.1, 0.15) is 38.3 Å². The molecule has 1 N–H and O–H groups in total. The molecule has 0 aliphatic carbocycles. The molecule has 0 unspecified atom stereocenters. The van der Waals surface area contributed by atoms with E-state index in [0.29, 0.717) is 17.4 Å². The van der Waals surface area contributed by atoms with Crippen LogP contribution in [-0.2, 0) is 0 Å². The molecule has 0 spiro atoms. The van der Waals surface area contributed by atoms with Crippen molar-refractivity contribution < 1.29 is 14.4 Å². The van der Waals surface area contributed by atoms with E-state index in [1.54, 1.807) is 0 Å². The van der Waals surface area contributed by atoms with Crippen molar-refractivity contribution in [1.29, 1.82) is 0 Å². The molecule has 3 rings (SSSR count). The van der Waals surface area contributed by atoms with E-state index in [-0.39, 0.29) is 23.4 Å². The van der Waals surface area contributed by atoms with Gasteiger partial charge in [0, 0.05) is 32.2 Å². The van der Waals surface area contributed by atoms with Gasteiger partial charge in [0.1, 0.15) is 0 Å². The lowest BCUT2D eigenvalue weighted by atomic mass is 9.94. The highest BCUT2D eigenvalue weighted by Gasteiger charge is 2.31. The van der Waals surface area contributed by atoms with Crippen molar-refractivity contribution in [3.63, 3.8) is 0 Å². The molecule has 1 atom stereocenters. The maximum absolute atomic E-state index is 11.6. The average molecular weight is 335 g/mol. The fraction of sp³-hybridized carbons (Fsp3) is 0.647. The molecule has 24 heavy (non-hydrogen) atoms. The topological polar surface area (TPSA) is 76.9 Å². The molecule has 2 aliphatic rings. The Morgan fingerprint density at radius 3 is 2.50 bits per heavy atom. The summed E-state index contributed by atoms with van der Waals surface area (Å²) in [5, 5.41) is 15.0. The number of nitro groups is 1. The fourth-order valence-corrected chi connectivity index (χ4v) is 3.39. The molecule has 7 nitrogen and oxygen atoms in total. The minimum absolute atomic E-state index is 0.0319. The summed E-state index contributed by atoms with van der Waals surface area (Å²) in [5.74, 6) is 1.64. The highest BCUT2D eigenvalue weighted by atomic mass is 16.7. The summed E-state index contributed by atoms with van der Waals surface area (Å²) in [6, 6.07) is 3.36. The fourth-order valence-electron chi connectivity index (χ4n) is 3.39. The van der Waals surface area contributed by atoms with Gasteiger partial charge in [0.2, 0.25) is 6.79 Å². The minimum Gasteiger partial charge on any atom is -0.454 e. The van der Waals surface area contributed by atoms with Crippen LogP contribution in [0.2, 0.25) is 0 Å². The maximum Gasteiger partial charge on any atom is 0.278 e. The molecule has 7 heteroatoms. The molecule has 0 saturated carbocycles. The van der Waals surface area contributed by atoms with Gasteiger partial charge in [-0.15, -0.1) is 0 Å². The average Bonchev–Trinajstić information content (AvgIpc) is 3.02. The molecule has 1 fully saturated rings. The lowest BCUT2D eigenvalue weighted by molar-refractivity contribution is -0.386. The van der Waals surface area contributed by atoms with Crippen LogP contribution in [0.25, 0.3) is 0 Å². The molecule has 0 amide bonds. The summed E-state index contributed by atoms with van der Waals surface area (Å²) >= 11 is 0. The maximum atomic E-state index is 11.6. The van der Waals surface area contributed by atoms with Crippen molar-refractivity contribution in [3.8, 4) is 11.5 Å². The van der Waals surface area contributed by atoms with Gasteiger partial charge in [0.15, 0.2) is 11.5 Å². The number of nitro benzene ring substituents is 1. The zero-order valence-electron chi connectivity index (χ0n) is 14.3. The van der Waals surface area contributed by atoms with Crippen LogP contribution in [0, 0.1) is 16.0 Å². The molecular weight excluding hydrogens is 310 g/mol. The number of benzene rings is 1. The van der Waals surface area contributed by atoms with Gasteiger partial charge >= 0.3 is 0 Å². The third-order valence-corrected chi connectivity index (χ3v) is 4.69. The molecule has 132 valence electrons. The number of nitrogens with one attached hydrogen (secondary N) is 1. The number of fused-ring (bicyclic) bond motifs is 1. The van der Waals surface area contributed by atoms with Gasteiger partial charge in [0.05, 0.1) is 16.6 Å². The van der Waals surface area contributed by atoms with Crippen LogP contribution < -0.4 is 14.8 Å². The lowest BCUT2D eigenvalue weighted by Crippen LogP contribution is -2.45. The molecule has 2 aliphatic heterocycles. The van der Waals surface area contributed by atoms with Crippen molar-refractivity contribution in [1.82, 2.24) is 10.2 Å². The first-order valence-electron chi connectivity index (χ1n) is 8.59. The zero-order valence-corrected chi connectivity index (χ0v) is 14.3. The molecule has 1 saturated heterocycles. The Balaban J connectivity index is 1.97. The van der Waals surface area contributed by atoms with Crippen LogP contribution in [0.15, 0.2) is 12.1 Å². The number of piperazine rings is 1. The Labute approximate surface area is 142 Å². The summed E-state index contributed by atoms with van der Waals surface area (Å²) in [5.41, 5.74) is 0.873. The van der Waals surface area contributed by atoms with E-state index in [0.717, 1.165) is 44.6 Å². The summed E-state index contributed by atoms with van der Waals surface area (Å²) in [4.78, 5) is 13.7. The third kappa shape index (κ3) is 3.62. The van der Waals surface area contributed by atoms with Gasteiger partial charge in [-0.05, 0) is 24.8 Å². The van der Waals surface area contributed by atoms with E-state index in [1.807, 2.05) is 6.07 Å². The second-order valence-electron chi connectivity index (χ2n) is 6.79. The molecular formula is C17H25N3O4. The second kappa shape index (κ2) is 7.36. The molecule has 2 heterocycles. The Morgan fingerprint density at radius 1 is 1.21 bits per heavy atom. The SMILES string of the molecule is CC(C)CC[C@@H](c1cc2c(cc1[N+](=O)[O-])OCO2)N1CCNCC1. The zero-order chi connectivity index (χ0) is 17.1. The van der Waals surface area contributed by atoms with Crippen LogP contribution in [0.4, 0.5) is 5.69 Å². The van der Waals surface area contributed by atoms with E-state index in [9.17, 15) is 10.1 Å². The molecule has 0 aromatic heterocycles. The Bertz CT molecular complexity index is 600. The van der Waals surface area contributed by atoms with Crippen molar-refractivity contribution >= 4 is 5.69 Å². The van der Waals surface area contributed by atoms with E-state index < -0.39 is 0 Å². The smallest absolute Gasteiger partial charge is 0.278 e. The molecule has 0 bridgehead atoms. The summed E-state index contributed by atoms with van der Waals surface area (Å²) in [6.07, 6.45) is 1.93.